The lowest BCUT2D eigenvalue weighted by Crippen LogP contribution is -2.44. The Kier molecular flexibility index (Phi) is 7.00. The van der Waals surface area contributed by atoms with Crippen LogP contribution in [0.1, 0.15) is 30.5 Å². The van der Waals surface area contributed by atoms with Crippen molar-refractivity contribution in [1.29, 1.82) is 0 Å². The molecule has 10 nitrogen and oxygen atoms in total. The van der Waals surface area contributed by atoms with Gasteiger partial charge in [-0.25, -0.2) is 33.2 Å². The van der Waals surface area contributed by atoms with E-state index < -0.39 is 27.7 Å². The van der Waals surface area contributed by atoms with Crippen LogP contribution >= 0.6 is 0 Å². The lowest BCUT2D eigenvalue weighted by atomic mass is 9.99. The number of hydrogen-bond acceptors (Lipinski definition) is 8. The van der Waals surface area contributed by atoms with E-state index in [-0.39, 0.29) is 35.0 Å². The molecule has 0 unspecified atom stereocenters. The van der Waals surface area contributed by atoms with Gasteiger partial charge in [-0.2, -0.15) is 8.42 Å². The van der Waals surface area contributed by atoms with E-state index in [1.807, 2.05) is 0 Å². The molecule has 0 aliphatic carbocycles. The first-order chi connectivity index (χ1) is 17.1. The number of aromatic nitrogens is 3. The summed E-state index contributed by atoms with van der Waals surface area (Å²) in [5, 5.41) is 0.641. The van der Waals surface area contributed by atoms with Crippen molar-refractivity contribution in [2.45, 2.75) is 33.2 Å². The van der Waals surface area contributed by atoms with Crippen molar-refractivity contribution in [3.8, 4) is 11.8 Å². The van der Waals surface area contributed by atoms with Crippen molar-refractivity contribution in [2.75, 3.05) is 11.4 Å². The smallest absolute Gasteiger partial charge is 0.340 e. The number of aryl methyl sites for hydroxylation is 1. The van der Waals surface area contributed by atoms with E-state index in [0.29, 0.717) is 16.7 Å². The van der Waals surface area contributed by atoms with Crippen LogP contribution in [0, 0.1) is 12.7 Å². The summed E-state index contributed by atoms with van der Waals surface area (Å²) in [6, 6.07) is 7.57. The van der Waals surface area contributed by atoms with Gasteiger partial charge in [0.2, 0.25) is 0 Å². The molecule has 0 saturated carbocycles. The van der Waals surface area contributed by atoms with Crippen molar-refractivity contribution in [1.82, 2.24) is 19.7 Å². The van der Waals surface area contributed by atoms with E-state index >= 15 is 4.39 Å². The number of pyridine rings is 1. The molecule has 0 saturated heterocycles. The van der Waals surface area contributed by atoms with Gasteiger partial charge in [-0.3, -0.25) is 0 Å². The first-order valence-corrected chi connectivity index (χ1v) is 12.4. The number of fused-ring (bicyclic) bond motifs is 1. The van der Waals surface area contributed by atoms with E-state index in [9.17, 15) is 13.2 Å². The Morgan fingerprint density at radius 3 is 2.53 bits per heavy atom. The first kappa shape index (κ1) is 25.2. The fraction of sp³-hybridized carbons (Fsp3) is 0.250. The molecule has 0 bridgehead atoms. The number of rotatable bonds is 8. The molecule has 0 aliphatic heterocycles. The molecule has 1 N–H and O–H groups in total. The quantitative estimate of drug-likeness (QED) is 0.355. The molecular weight excluding hydrogens is 489 g/mol. The summed E-state index contributed by atoms with van der Waals surface area (Å²) in [4.78, 5) is 24.8. The average molecular weight is 514 g/mol. The highest BCUT2D eigenvalue weighted by atomic mass is 32.2. The van der Waals surface area contributed by atoms with Gasteiger partial charge in [0.1, 0.15) is 11.3 Å². The number of halogens is 1. The zero-order valence-corrected chi connectivity index (χ0v) is 20.8. The molecule has 4 rings (SSSR count). The molecule has 0 aliphatic rings. The van der Waals surface area contributed by atoms with E-state index in [2.05, 4.69) is 19.7 Å². The van der Waals surface area contributed by atoms with E-state index in [1.165, 1.54) is 31.7 Å². The van der Waals surface area contributed by atoms with Gasteiger partial charge < -0.3 is 9.15 Å². The molecule has 188 valence electrons. The minimum Gasteiger partial charge on any atom is -0.424 e. The number of nitrogens with zero attached hydrogens (tertiary/aromatic N) is 4. The number of nitrogens with one attached hydrogen (secondary N) is 1. The fourth-order valence-corrected chi connectivity index (χ4v) is 4.88. The Hall–Kier alpha value is -3.90. The highest BCUT2D eigenvalue weighted by molar-refractivity contribution is 7.90. The lowest BCUT2D eigenvalue weighted by molar-refractivity contribution is 0.440. The normalized spacial score (nSPS) is 11.7. The Balaban J connectivity index is 1.72. The minimum atomic E-state index is -4.02. The third-order valence-corrected chi connectivity index (χ3v) is 7.15. The summed E-state index contributed by atoms with van der Waals surface area (Å²) in [5.74, 6) is -0.812. The van der Waals surface area contributed by atoms with Gasteiger partial charge in [0.25, 0.3) is 0 Å². The molecule has 0 fully saturated rings. The lowest BCUT2D eigenvalue weighted by Gasteiger charge is -2.27. The van der Waals surface area contributed by atoms with Crippen molar-refractivity contribution in [2.24, 2.45) is 0 Å². The SMILES string of the molecule is CNS(=O)(=O)N(c1nccc(Cc2c(C)c3ccc(Oc4ncccn4)cc3oc2=O)c1F)C(C)C. The summed E-state index contributed by atoms with van der Waals surface area (Å²) < 4.78 is 54.7. The highest BCUT2D eigenvalue weighted by Gasteiger charge is 2.29. The zero-order valence-electron chi connectivity index (χ0n) is 20.0. The second-order valence-corrected chi connectivity index (χ2v) is 9.92. The molecule has 12 heteroatoms. The van der Waals surface area contributed by atoms with Crippen LogP contribution in [-0.4, -0.2) is 36.5 Å². The molecule has 1 aromatic carbocycles. The van der Waals surface area contributed by atoms with E-state index in [1.54, 1.807) is 45.0 Å². The van der Waals surface area contributed by atoms with Crippen LogP contribution in [0.25, 0.3) is 11.0 Å². The maximum atomic E-state index is 15.5. The molecule has 36 heavy (non-hydrogen) atoms. The highest BCUT2D eigenvalue weighted by Crippen LogP contribution is 2.29. The predicted molar refractivity (Wildman–Crippen MR) is 132 cm³/mol. The summed E-state index contributed by atoms with van der Waals surface area (Å²) in [6.07, 6.45) is 4.27. The molecule has 0 amide bonds. The van der Waals surface area contributed by atoms with Gasteiger partial charge in [0.15, 0.2) is 11.6 Å². The van der Waals surface area contributed by atoms with Crippen LogP contribution in [0.5, 0.6) is 11.8 Å². The third kappa shape index (κ3) is 4.90. The van der Waals surface area contributed by atoms with Crippen LogP contribution in [0.2, 0.25) is 0 Å². The van der Waals surface area contributed by atoms with Crippen LogP contribution in [0.15, 0.2) is 58.1 Å². The molecule has 4 aromatic rings. The summed E-state index contributed by atoms with van der Waals surface area (Å²) >= 11 is 0. The van der Waals surface area contributed by atoms with Crippen molar-refractivity contribution >= 4 is 27.0 Å². The maximum Gasteiger partial charge on any atom is 0.340 e. The molecule has 0 atom stereocenters. The molecule has 0 radical (unpaired) electrons. The van der Waals surface area contributed by atoms with Crippen LogP contribution in [-0.2, 0) is 16.6 Å². The summed E-state index contributed by atoms with van der Waals surface area (Å²) in [7, 11) is -2.78. The monoisotopic (exact) mass is 513 g/mol. The molecule has 3 aromatic heterocycles. The Morgan fingerprint density at radius 1 is 1.14 bits per heavy atom. The van der Waals surface area contributed by atoms with Gasteiger partial charge in [0, 0.05) is 55.1 Å². The number of anilines is 1. The second-order valence-electron chi connectivity index (χ2n) is 8.17. The van der Waals surface area contributed by atoms with Crippen molar-refractivity contribution in [3.05, 3.63) is 81.9 Å². The topological polar surface area (TPSA) is 128 Å². The first-order valence-electron chi connectivity index (χ1n) is 11.0. The van der Waals surface area contributed by atoms with Crippen LogP contribution in [0.3, 0.4) is 0 Å². The zero-order chi connectivity index (χ0) is 26.0. The fourth-order valence-electron chi connectivity index (χ4n) is 3.77. The predicted octanol–water partition coefficient (Wildman–Crippen LogP) is 3.49. The van der Waals surface area contributed by atoms with Gasteiger partial charge in [-0.15, -0.1) is 0 Å². The van der Waals surface area contributed by atoms with E-state index in [0.717, 1.165) is 4.31 Å². The molecule has 3 heterocycles. The third-order valence-electron chi connectivity index (χ3n) is 5.52. The number of benzene rings is 1. The van der Waals surface area contributed by atoms with Crippen LogP contribution in [0.4, 0.5) is 10.2 Å². The average Bonchev–Trinajstić information content (AvgIpc) is 2.84. The van der Waals surface area contributed by atoms with Gasteiger partial charge in [-0.1, -0.05) is 0 Å². The Bertz CT molecular complexity index is 1580. The van der Waals surface area contributed by atoms with Gasteiger partial charge >= 0.3 is 21.8 Å². The van der Waals surface area contributed by atoms with Gasteiger partial charge in [0.05, 0.1) is 0 Å². The Labute approximate surface area is 207 Å². The van der Waals surface area contributed by atoms with Crippen molar-refractivity contribution in [3.63, 3.8) is 0 Å². The Morgan fingerprint density at radius 2 is 1.86 bits per heavy atom. The number of hydrogen-bond donors (Lipinski definition) is 1. The molecular formula is C24H24FN5O5S. The largest absolute Gasteiger partial charge is 0.424 e. The molecule has 0 spiro atoms. The second kappa shape index (κ2) is 9.99. The van der Waals surface area contributed by atoms with Crippen molar-refractivity contribution < 1.29 is 22.0 Å². The number of ether oxygens (including phenoxy) is 1. The van der Waals surface area contributed by atoms with E-state index in [4.69, 9.17) is 9.15 Å². The standard InChI is InChI=1S/C24H24FN5O5S/c1-14(2)30(36(32,33)26-4)22-21(25)16(8-11-27-22)12-19-15(3)18-7-6-17(13-20(18)35-23(19)31)34-24-28-9-5-10-29-24/h5-11,13-14,26H,12H2,1-4H3. The summed E-state index contributed by atoms with van der Waals surface area (Å²) in [6.45, 7) is 4.95. The maximum absolute atomic E-state index is 15.5. The summed E-state index contributed by atoms with van der Waals surface area (Å²) in [5.41, 5.74) is 0.593. The minimum absolute atomic E-state index is 0.105. The van der Waals surface area contributed by atoms with Gasteiger partial charge in [-0.05, 0) is 56.2 Å². The van der Waals surface area contributed by atoms with Crippen LogP contribution < -0.4 is 19.4 Å².